The van der Waals surface area contributed by atoms with Crippen LogP contribution in [0.25, 0.3) is 17.0 Å². The van der Waals surface area contributed by atoms with Gasteiger partial charge in [-0.05, 0) is 30.3 Å². The van der Waals surface area contributed by atoms with E-state index in [2.05, 4.69) is 20.4 Å². The molecule has 1 N–H and O–H groups in total. The molecule has 3 heterocycles. The van der Waals surface area contributed by atoms with Gasteiger partial charge in [0, 0.05) is 19.4 Å². The highest BCUT2D eigenvalue weighted by molar-refractivity contribution is 7.91. The molecule has 0 atom stereocenters. The average molecular weight is 365 g/mol. The molecule has 26 heavy (non-hydrogen) atoms. The van der Waals surface area contributed by atoms with E-state index in [0.717, 1.165) is 0 Å². The normalized spacial score (nSPS) is 11.6. The minimum atomic E-state index is -3.79. The summed E-state index contributed by atoms with van der Waals surface area (Å²) in [5.41, 5.74) is 1.48. The molecule has 0 fully saturated rings. The van der Waals surface area contributed by atoms with Crippen molar-refractivity contribution in [2.24, 2.45) is 0 Å². The van der Waals surface area contributed by atoms with Crippen molar-refractivity contribution in [2.45, 2.75) is 9.79 Å². The van der Waals surface area contributed by atoms with Gasteiger partial charge in [0.25, 0.3) is 0 Å². The molecule has 3 aromatic heterocycles. The van der Waals surface area contributed by atoms with Gasteiger partial charge in [-0.15, -0.1) is 5.10 Å². The number of hydrogen-bond donors (Lipinski definition) is 1. The maximum absolute atomic E-state index is 13.2. The summed E-state index contributed by atoms with van der Waals surface area (Å²) >= 11 is 0. The van der Waals surface area contributed by atoms with Gasteiger partial charge in [-0.1, -0.05) is 24.3 Å². The van der Waals surface area contributed by atoms with E-state index < -0.39 is 9.84 Å². The van der Waals surface area contributed by atoms with Crippen molar-refractivity contribution in [3.05, 3.63) is 67.0 Å². The third kappa shape index (κ3) is 2.60. The van der Waals surface area contributed by atoms with Crippen LogP contribution in [0, 0.1) is 0 Å². The molecule has 0 unspecified atom stereocenters. The Morgan fingerprint density at radius 2 is 1.73 bits per heavy atom. The van der Waals surface area contributed by atoms with E-state index in [0.29, 0.717) is 11.4 Å². The van der Waals surface area contributed by atoms with Gasteiger partial charge in [-0.2, -0.15) is 0 Å². The number of nitrogens with one attached hydrogen (secondary N) is 1. The topological polar surface area (TPSA) is 89.2 Å². The largest absolute Gasteiger partial charge is 0.370 e. The second-order valence-corrected chi connectivity index (χ2v) is 7.43. The summed E-state index contributed by atoms with van der Waals surface area (Å²) in [4.78, 5) is 9.04. The minimum absolute atomic E-state index is 0.0454. The summed E-state index contributed by atoms with van der Waals surface area (Å²) in [7, 11) is -2.16. The number of anilines is 1. The molecule has 0 aliphatic rings. The summed E-state index contributed by atoms with van der Waals surface area (Å²) in [6.07, 6.45) is 3.34. The van der Waals surface area contributed by atoms with Crippen molar-refractivity contribution in [2.75, 3.05) is 12.4 Å². The van der Waals surface area contributed by atoms with Crippen molar-refractivity contribution < 1.29 is 8.42 Å². The molecule has 1 aromatic carbocycles. The van der Waals surface area contributed by atoms with Crippen LogP contribution in [0.2, 0.25) is 0 Å². The lowest BCUT2D eigenvalue weighted by molar-refractivity contribution is 0.597. The Morgan fingerprint density at radius 3 is 2.42 bits per heavy atom. The Balaban J connectivity index is 1.99. The van der Waals surface area contributed by atoms with Crippen LogP contribution in [-0.2, 0) is 9.84 Å². The summed E-state index contributed by atoms with van der Waals surface area (Å²) < 4.78 is 27.8. The van der Waals surface area contributed by atoms with Crippen LogP contribution in [0.1, 0.15) is 0 Å². The minimum Gasteiger partial charge on any atom is -0.370 e. The smallest absolute Gasteiger partial charge is 0.214 e. The van der Waals surface area contributed by atoms with Gasteiger partial charge in [0.2, 0.25) is 9.84 Å². The highest BCUT2D eigenvalue weighted by Crippen LogP contribution is 2.31. The Labute approximate surface area is 150 Å². The first-order chi connectivity index (χ1) is 12.6. The molecule has 4 aromatic rings. The van der Waals surface area contributed by atoms with Gasteiger partial charge in [0.05, 0.1) is 16.3 Å². The first kappa shape index (κ1) is 16.2. The zero-order valence-electron chi connectivity index (χ0n) is 13.9. The van der Waals surface area contributed by atoms with E-state index in [1.165, 1.54) is 4.52 Å². The van der Waals surface area contributed by atoms with Gasteiger partial charge in [-0.25, -0.2) is 17.9 Å². The lowest BCUT2D eigenvalue weighted by Gasteiger charge is -2.05. The Hall–Kier alpha value is -3.26. The first-order valence-electron chi connectivity index (χ1n) is 7.90. The molecule has 0 spiro atoms. The number of aromatic nitrogens is 4. The number of rotatable bonds is 4. The molecular formula is C18H15N5O2S. The molecule has 0 bridgehead atoms. The highest BCUT2D eigenvalue weighted by atomic mass is 32.2. The SMILES string of the molecule is CNc1nn2ccc(-c3ccccn3)nc2c1S(=O)(=O)c1ccccc1. The number of hydrogen-bond acceptors (Lipinski definition) is 6. The van der Waals surface area contributed by atoms with Crippen molar-refractivity contribution in [1.82, 2.24) is 19.6 Å². The fourth-order valence-corrected chi connectivity index (χ4v) is 4.22. The Kier molecular flexibility index (Phi) is 3.89. The van der Waals surface area contributed by atoms with Gasteiger partial charge in [0.15, 0.2) is 16.4 Å². The highest BCUT2D eigenvalue weighted by Gasteiger charge is 2.28. The van der Waals surface area contributed by atoms with Crippen molar-refractivity contribution in [3.8, 4) is 11.4 Å². The molecule has 0 saturated heterocycles. The van der Waals surface area contributed by atoms with E-state index in [-0.39, 0.29) is 21.3 Å². The molecule has 0 aliphatic heterocycles. The number of fused-ring (bicyclic) bond motifs is 1. The van der Waals surface area contributed by atoms with E-state index in [4.69, 9.17) is 0 Å². The standard InChI is InChI=1S/C18H15N5O2S/c1-19-17-16(26(24,25)13-7-3-2-4-8-13)18-21-15(10-12-23(18)22-17)14-9-5-6-11-20-14/h2-12H,1H3,(H,19,22). The van der Waals surface area contributed by atoms with Gasteiger partial charge < -0.3 is 5.32 Å². The van der Waals surface area contributed by atoms with Crippen LogP contribution in [0.5, 0.6) is 0 Å². The number of pyridine rings is 1. The van der Waals surface area contributed by atoms with Gasteiger partial charge >= 0.3 is 0 Å². The van der Waals surface area contributed by atoms with Crippen LogP contribution < -0.4 is 5.32 Å². The third-order valence-corrected chi connectivity index (χ3v) is 5.74. The van der Waals surface area contributed by atoms with E-state index >= 15 is 0 Å². The van der Waals surface area contributed by atoms with E-state index in [1.54, 1.807) is 55.8 Å². The Bertz CT molecular complexity index is 1170. The molecule has 7 nitrogen and oxygen atoms in total. The van der Waals surface area contributed by atoms with Crippen molar-refractivity contribution >= 4 is 21.3 Å². The molecule has 4 rings (SSSR count). The van der Waals surface area contributed by atoms with Crippen molar-refractivity contribution in [1.29, 1.82) is 0 Å². The number of sulfone groups is 1. The lowest BCUT2D eigenvalue weighted by Crippen LogP contribution is -2.05. The van der Waals surface area contributed by atoms with Crippen LogP contribution in [0.4, 0.5) is 5.82 Å². The van der Waals surface area contributed by atoms with Crippen molar-refractivity contribution in [3.63, 3.8) is 0 Å². The molecule has 0 radical (unpaired) electrons. The number of benzene rings is 1. The van der Waals surface area contributed by atoms with E-state index in [1.807, 2.05) is 18.2 Å². The Morgan fingerprint density at radius 1 is 0.962 bits per heavy atom. The van der Waals surface area contributed by atoms with Crippen LogP contribution in [0.3, 0.4) is 0 Å². The predicted octanol–water partition coefficient (Wildman–Crippen LogP) is 2.67. The predicted molar refractivity (Wildman–Crippen MR) is 97.7 cm³/mol. The average Bonchev–Trinajstić information content (AvgIpc) is 3.08. The molecule has 0 amide bonds. The molecule has 130 valence electrons. The summed E-state index contributed by atoms with van der Waals surface area (Å²) in [5, 5.41) is 7.15. The summed E-state index contributed by atoms with van der Waals surface area (Å²) in [6.45, 7) is 0. The van der Waals surface area contributed by atoms with E-state index in [9.17, 15) is 8.42 Å². The second-order valence-electron chi connectivity index (χ2n) is 5.54. The maximum Gasteiger partial charge on any atom is 0.214 e. The lowest BCUT2D eigenvalue weighted by atomic mass is 10.2. The zero-order valence-corrected chi connectivity index (χ0v) is 14.7. The quantitative estimate of drug-likeness (QED) is 0.598. The molecule has 0 aliphatic carbocycles. The monoisotopic (exact) mass is 365 g/mol. The molecule has 8 heteroatoms. The third-order valence-electron chi connectivity index (χ3n) is 3.93. The second kappa shape index (κ2) is 6.23. The maximum atomic E-state index is 13.2. The zero-order chi connectivity index (χ0) is 18.1. The number of nitrogens with zero attached hydrogens (tertiary/aromatic N) is 4. The van der Waals surface area contributed by atoms with Crippen LogP contribution >= 0.6 is 0 Å². The summed E-state index contributed by atoms with van der Waals surface area (Å²) in [5.74, 6) is 0.250. The summed E-state index contributed by atoms with van der Waals surface area (Å²) in [6, 6.07) is 15.5. The molecule has 0 saturated carbocycles. The van der Waals surface area contributed by atoms with Gasteiger partial charge in [-0.3, -0.25) is 4.98 Å². The van der Waals surface area contributed by atoms with Crippen LogP contribution in [0.15, 0.2) is 76.8 Å². The fourth-order valence-electron chi connectivity index (χ4n) is 2.69. The van der Waals surface area contributed by atoms with Crippen LogP contribution in [-0.4, -0.2) is 35.0 Å². The molecular weight excluding hydrogens is 350 g/mol. The van der Waals surface area contributed by atoms with Gasteiger partial charge in [0.1, 0.15) is 0 Å². The first-order valence-corrected chi connectivity index (χ1v) is 9.38. The fraction of sp³-hybridized carbons (Fsp3) is 0.0556.